The standard InChI is InChI=1S/C13H13FN2O2S/c1-9-8-19-13(16-9)6-15-12(17)7-18-11-4-2-10(14)3-5-11/h2-5,8H,6-7H2,1H3,(H,15,17). The van der Waals surface area contributed by atoms with Crippen molar-refractivity contribution in [3.63, 3.8) is 0 Å². The maximum Gasteiger partial charge on any atom is 0.258 e. The molecule has 1 aromatic carbocycles. The summed E-state index contributed by atoms with van der Waals surface area (Å²) in [5.74, 6) is -0.116. The minimum Gasteiger partial charge on any atom is -0.484 e. The van der Waals surface area contributed by atoms with Crippen LogP contribution < -0.4 is 10.1 Å². The number of aryl methyl sites for hydroxylation is 1. The highest BCUT2D eigenvalue weighted by atomic mass is 32.1. The van der Waals surface area contributed by atoms with Crippen molar-refractivity contribution in [2.24, 2.45) is 0 Å². The van der Waals surface area contributed by atoms with Gasteiger partial charge in [0, 0.05) is 11.1 Å². The van der Waals surface area contributed by atoms with E-state index in [1.165, 1.54) is 35.6 Å². The number of thiazole rings is 1. The van der Waals surface area contributed by atoms with Gasteiger partial charge in [-0.05, 0) is 31.2 Å². The first-order chi connectivity index (χ1) is 9.13. The molecule has 0 atom stereocenters. The number of benzene rings is 1. The zero-order chi connectivity index (χ0) is 13.7. The molecule has 0 saturated heterocycles. The van der Waals surface area contributed by atoms with Gasteiger partial charge in [0.1, 0.15) is 16.6 Å². The van der Waals surface area contributed by atoms with Crippen LogP contribution in [0.15, 0.2) is 29.6 Å². The number of nitrogens with zero attached hydrogens (tertiary/aromatic N) is 1. The third-order valence-electron chi connectivity index (χ3n) is 2.29. The number of ether oxygens (including phenoxy) is 1. The van der Waals surface area contributed by atoms with E-state index in [2.05, 4.69) is 10.3 Å². The second-order valence-electron chi connectivity index (χ2n) is 3.90. The molecule has 0 aliphatic carbocycles. The molecule has 4 nitrogen and oxygen atoms in total. The molecule has 1 heterocycles. The van der Waals surface area contributed by atoms with Crippen molar-refractivity contribution < 1.29 is 13.9 Å². The van der Waals surface area contributed by atoms with Crippen LogP contribution in [0, 0.1) is 12.7 Å². The van der Waals surface area contributed by atoms with Crippen molar-refractivity contribution >= 4 is 17.2 Å². The van der Waals surface area contributed by atoms with Crippen LogP contribution in [0.2, 0.25) is 0 Å². The molecule has 2 rings (SSSR count). The summed E-state index contributed by atoms with van der Waals surface area (Å²) in [5, 5.41) is 5.49. The van der Waals surface area contributed by atoms with Crippen LogP contribution in [0.1, 0.15) is 10.7 Å². The first-order valence-electron chi connectivity index (χ1n) is 5.69. The number of aromatic nitrogens is 1. The lowest BCUT2D eigenvalue weighted by Crippen LogP contribution is -2.28. The Morgan fingerprint density at radius 3 is 2.79 bits per heavy atom. The Labute approximate surface area is 114 Å². The van der Waals surface area contributed by atoms with Crippen LogP contribution in [0.25, 0.3) is 0 Å². The van der Waals surface area contributed by atoms with Gasteiger partial charge in [-0.2, -0.15) is 0 Å². The average Bonchev–Trinajstić information content (AvgIpc) is 2.81. The van der Waals surface area contributed by atoms with E-state index in [1.807, 2.05) is 12.3 Å². The molecule has 0 unspecified atom stereocenters. The van der Waals surface area contributed by atoms with E-state index >= 15 is 0 Å². The maximum atomic E-state index is 12.7. The predicted octanol–water partition coefficient (Wildman–Crippen LogP) is 2.29. The molecule has 1 amide bonds. The Bertz CT molecular complexity index is 554. The number of nitrogens with one attached hydrogen (secondary N) is 1. The van der Waals surface area contributed by atoms with Gasteiger partial charge in [0.05, 0.1) is 6.54 Å². The second-order valence-corrected chi connectivity index (χ2v) is 4.84. The molecule has 6 heteroatoms. The van der Waals surface area contributed by atoms with Gasteiger partial charge in [-0.3, -0.25) is 4.79 Å². The van der Waals surface area contributed by atoms with Gasteiger partial charge < -0.3 is 10.1 Å². The van der Waals surface area contributed by atoms with Crippen LogP contribution in [0.4, 0.5) is 4.39 Å². The summed E-state index contributed by atoms with van der Waals surface area (Å²) in [6, 6.07) is 5.52. The number of halogens is 1. The summed E-state index contributed by atoms with van der Waals surface area (Å²) in [4.78, 5) is 15.8. The number of carbonyl (C=O) groups is 1. The monoisotopic (exact) mass is 280 g/mol. The van der Waals surface area contributed by atoms with Gasteiger partial charge in [-0.1, -0.05) is 0 Å². The molecular formula is C13H13FN2O2S. The average molecular weight is 280 g/mol. The highest BCUT2D eigenvalue weighted by molar-refractivity contribution is 7.09. The zero-order valence-corrected chi connectivity index (χ0v) is 11.2. The number of amides is 1. The molecule has 0 saturated carbocycles. The Morgan fingerprint density at radius 1 is 1.42 bits per heavy atom. The Balaban J connectivity index is 1.74. The first-order valence-corrected chi connectivity index (χ1v) is 6.57. The summed E-state index contributed by atoms with van der Waals surface area (Å²) in [6.07, 6.45) is 0. The highest BCUT2D eigenvalue weighted by Crippen LogP contribution is 2.11. The highest BCUT2D eigenvalue weighted by Gasteiger charge is 2.04. The fourth-order valence-electron chi connectivity index (χ4n) is 1.39. The normalized spacial score (nSPS) is 10.2. The van der Waals surface area contributed by atoms with Gasteiger partial charge in [0.2, 0.25) is 0 Å². The van der Waals surface area contributed by atoms with Gasteiger partial charge in [-0.25, -0.2) is 9.37 Å². The Kier molecular flexibility index (Phi) is 4.46. The van der Waals surface area contributed by atoms with Crippen molar-refractivity contribution in [3.05, 3.63) is 46.2 Å². The predicted molar refractivity (Wildman–Crippen MR) is 70.6 cm³/mol. The molecule has 0 bridgehead atoms. The minimum absolute atomic E-state index is 0.101. The van der Waals surface area contributed by atoms with Gasteiger partial charge >= 0.3 is 0 Å². The summed E-state index contributed by atoms with van der Waals surface area (Å²) in [7, 11) is 0. The number of hydrogen-bond donors (Lipinski definition) is 1. The zero-order valence-electron chi connectivity index (χ0n) is 10.4. The molecular weight excluding hydrogens is 267 g/mol. The van der Waals surface area contributed by atoms with Crippen molar-refractivity contribution in [2.45, 2.75) is 13.5 Å². The van der Waals surface area contributed by atoms with E-state index < -0.39 is 0 Å². The minimum atomic E-state index is -0.337. The van der Waals surface area contributed by atoms with Crippen LogP contribution in [-0.2, 0) is 11.3 Å². The topological polar surface area (TPSA) is 51.2 Å². The lowest BCUT2D eigenvalue weighted by Gasteiger charge is -2.06. The van der Waals surface area contributed by atoms with Crippen LogP contribution in [0.5, 0.6) is 5.75 Å². The van der Waals surface area contributed by atoms with Gasteiger partial charge in [0.25, 0.3) is 5.91 Å². The third kappa shape index (κ3) is 4.33. The van der Waals surface area contributed by atoms with Crippen LogP contribution in [-0.4, -0.2) is 17.5 Å². The van der Waals surface area contributed by atoms with Crippen LogP contribution in [0.3, 0.4) is 0 Å². The molecule has 100 valence electrons. The first kappa shape index (κ1) is 13.5. The molecule has 2 aromatic rings. The smallest absolute Gasteiger partial charge is 0.258 e. The molecule has 0 fully saturated rings. The Hall–Kier alpha value is -1.95. The van der Waals surface area contributed by atoms with E-state index in [4.69, 9.17) is 4.74 Å². The van der Waals surface area contributed by atoms with Crippen molar-refractivity contribution in [2.75, 3.05) is 6.61 Å². The summed E-state index contributed by atoms with van der Waals surface area (Å²) in [6.45, 7) is 2.19. The van der Waals surface area contributed by atoms with Crippen molar-refractivity contribution in [3.8, 4) is 5.75 Å². The lowest BCUT2D eigenvalue weighted by atomic mass is 10.3. The quantitative estimate of drug-likeness (QED) is 0.914. The van der Waals surface area contributed by atoms with Crippen molar-refractivity contribution in [1.29, 1.82) is 0 Å². The number of carbonyl (C=O) groups excluding carboxylic acids is 1. The van der Waals surface area contributed by atoms with Crippen LogP contribution >= 0.6 is 11.3 Å². The fourth-order valence-corrected chi connectivity index (χ4v) is 2.10. The lowest BCUT2D eigenvalue weighted by molar-refractivity contribution is -0.123. The summed E-state index contributed by atoms with van der Waals surface area (Å²) >= 11 is 1.50. The van der Waals surface area contributed by atoms with E-state index in [-0.39, 0.29) is 18.3 Å². The second kappa shape index (κ2) is 6.29. The third-order valence-corrected chi connectivity index (χ3v) is 3.25. The summed E-state index contributed by atoms with van der Waals surface area (Å²) < 4.78 is 17.9. The molecule has 0 spiro atoms. The summed E-state index contributed by atoms with van der Waals surface area (Å²) in [5.41, 5.74) is 0.941. The number of rotatable bonds is 5. The molecule has 19 heavy (non-hydrogen) atoms. The molecule has 0 aliphatic heterocycles. The van der Waals surface area contributed by atoms with E-state index in [9.17, 15) is 9.18 Å². The molecule has 1 N–H and O–H groups in total. The van der Waals surface area contributed by atoms with E-state index in [0.29, 0.717) is 12.3 Å². The largest absolute Gasteiger partial charge is 0.484 e. The SMILES string of the molecule is Cc1csc(CNC(=O)COc2ccc(F)cc2)n1. The molecule has 1 aromatic heterocycles. The fraction of sp³-hybridized carbons (Fsp3) is 0.231. The molecule has 0 radical (unpaired) electrons. The van der Waals surface area contributed by atoms with E-state index in [0.717, 1.165) is 10.7 Å². The maximum absolute atomic E-state index is 12.7. The van der Waals surface area contributed by atoms with Gasteiger partial charge in [0.15, 0.2) is 6.61 Å². The molecule has 0 aliphatic rings. The Morgan fingerprint density at radius 2 is 2.16 bits per heavy atom. The number of hydrogen-bond acceptors (Lipinski definition) is 4. The van der Waals surface area contributed by atoms with Crippen molar-refractivity contribution in [1.82, 2.24) is 10.3 Å². The van der Waals surface area contributed by atoms with E-state index in [1.54, 1.807) is 0 Å². The van der Waals surface area contributed by atoms with Gasteiger partial charge in [-0.15, -0.1) is 11.3 Å².